The Balaban J connectivity index is 2.33. The minimum atomic E-state index is -0.217. The van der Waals surface area contributed by atoms with Crippen LogP contribution >= 0.6 is 0 Å². The number of carbonyl (C=O) groups is 1. The summed E-state index contributed by atoms with van der Waals surface area (Å²) in [7, 11) is 1.37. The number of benzene rings is 1. The van der Waals surface area contributed by atoms with Gasteiger partial charge < -0.3 is 10.1 Å². The highest BCUT2D eigenvalue weighted by atomic mass is 19.1. The van der Waals surface area contributed by atoms with Gasteiger partial charge in [0.15, 0.2) is 0 Å². The van der Waals surface area contributed by atoms with E-state index in [-0.39, 0.29) is 17.8 Å². The van der Waals surface area contributed by atoms with E-state index in [0.29, 0.717) is 24.9 Å². The zero-order valence-electron chi connectivity index (χ0n) is 10.2. The summed E-state index contributed by atoms with van der Waals surface area (Å²) < 4.78 is 18.0. The average Bonchev–Trinajstić information content (AvgIpc) is 2.34. The number of carbonyl (C=O) groups excluding carboxylic acids is 1. The van der Waals surface area contributed by atoms with Crippen molar-refractivity contribution >= 4 is 5.97 Å². The molecule has 0 heterocycles. The summed E-state index contributed by atoms with van der Waals surface area (Å²) in [6.45, 7) is 2.56. The number of rotatable bonds is 6. The van der Waals surface area contributed by atoms with Crippen LogP contribution in [0.25, 0.3) is 0 Å². The van der Waals surface area contributed by atoms with Crippen molar-refractivity contribution in [1.82, 2.24) is 5.32 Å². The number of ether oxygens (including phenoxy) is 1. The van der Waals surface area contributed by atoms with Crippen molar-refractivity contribution in [2.24, 2.45) is 0 Å². The molecule has 94 valence electrons. The zero-order valence-corrected chi connectivity index (χ0v) is 10.2. The van der Waals surface area contributed by atoms with Crippen molar-refractivity contribution < 1.29 is 13.9 Å². The molecule has 0 radical (unpaired) electrons. The van der Waals surface area contributed by atoms with Crippen LogP contribution in [0.2, 0.25) is 0 Å². The summed E-state index contributed by atoms with van der Waals surface area (Å²) in [4.78, 5) is 10.9. The number of halogens is 1. The third kappa shape index (κ3) is 4.53. The molecule has 1 aromatic carbocycles. The molecule has 17 heavy (non-hydrogen) atoms. The Kier molecular flexibility index (Phi) is 5.63. The number of hydrogen-bond donors (Lipinski definition) is 1. The second-order valence-corrected chi connectivity index (χ2v) is 3.88. The summed E-state index contributed by atoms with van der Waals surface area (Å²) in [5.41, 5.74) is 0.644. The largest absolute Gasteiger partial charge is 0.469 e. The van der Waals surface area contributed by atoms with Gasteiger partial charge in [-0.25, -0.2) is 4.39 Å². The Hall–Kier alpha value is -1.42. The van der Waals surface area contributed by atoms with Crippen LogP contribution < -0.4 is 5.32 Å². The molecule has 0 aliphatic rings. The van der Waals surface area contributed by atoms with Crippen LogP contribution in [0.3, 0.4) is 0 Å². The van der Waals surface area contributed by atoms with Crippen molar-refractivity contribution in [2.45, 2.75) is 25.8 Å². The van der Waals surface area contributed by atoms with Crippen molar-refractivity contribution in [1.29, 1.82) is 0 Å². The van der Waals surface area contributed by atoms with Crippen LogP contribution in [0.4, 0.5) is 4.39 Å². The van der Waals surface area contributed by atoms with Crippen LogP contribution in [0, 0.1) is 5.82 Å². The summed E-state index contributed by atoms with van der Waals surface area (Å²) in [5, 5.41) is 3.17. The highest BCUT2D eigenvalue weighted by molar-refractivity contribution is 5.69. The normalized spacial score (nSPS) is 12.2. The maximum absolute atomic E-state index is 13.4. The number of methoxy groups -OCH3 is 1. The first-order chi connectivity index (χ1) is 8.15. The SMILES string of the molecule is COC(=O)CCCNC(C)c1ccccc1F. The van der Waals surface area contributed by atoms with Gasteiger partial charge in [0.1, 0.15) is 5.82 Å². The molecule has 0 fully saturated rings. The van der Waals surface area contributed by atoms with Gasteiger partial charge in [0.05, 0.1) is 7.11 Å². The predicted octanol–water partition coefficient (Wildman–Crippen LogP) is 2.43. The highest BCUT2D eigenvalue weighted by Crippen LogP contribution is 2.15. The smallest absolute Gasteiger partial charge is 0.305 e. The summed E-state index contributed by atoms with van der Waals surface area (Å²) in [6, 6.07) is 6.62. The zero-order chi connectivity index (χ0) is 12.7. The van der Waals surface area contributed by atoms with E-state index in [4.69, 9.17) is 0 Å². The Morgan fingerprint density at radius 2 is 2.18 bits per heavy atom. The minimum absolute atomic E-state index is 0.0613. The molecule has 1 rings (SSSR count). The highest BCUT2D eigenvalue weighted by Gasteiger charge is 2.09. The van der Waals surface area contributed by atoms with Crippen LogP contribution in [-0.2, 0) is 9.53 Å². The van der Waals surface area contributed by atoms with Gasteiger partial charge in [-0.05, 0) is 26.0 Å². The molecular weight excluding hydrogens is 221 g/mol. The average molecular weight is 239 g/mol. The molecule has 0 saturated carbocycles. The molecular formula is C13H18FNO2. The predicted molar refractivity (Wildman–Crippen MR) is 64.1 cm³/mol. The standard InChI is InChI=1S/C13H18FNO2/c1-10(11-6-3-4-7-12(11)14)15-9-5-8-13(16)17-2/h3-4,6-7,10,15H,5,8-9H2,1-2H3. The molecule has 4 heteroatoms. The topological polar surface area (TPSA) is 38.3 Å². The van der Waals surface area contributed by atoms with E-state index in [0.717, 1.165) is 0 Å². The van der Waals surface area contributed by atoms with Crippen molar-refractivity contribution in [3.8, 4) is 0 Å². The lowest BCUT2D eigenvalue weighted by Gasteiger charge is -2.14. The maximum Gasteiger partial charge on any atom is 0.305 e. The first kappa shape index (κ1) is 13.6. The molecule has 0 spiro atoms. The molecule has 1 atom stereocenters. The van der Waals surface area contributed by atoms with Gasteiger partial charge in [-0.2, -0.15) is 0 Å². The van der Waals surface area contributed by atoms with Gasteiger partial charge in [-0.15, -0.1) is 0 Å². The van der Waals surface area contributed by atoms with Crippen LogP contribution in [-0.4, -0.2) is 19.6 Å². The second kappa shape index (κ2) is 7.01. The maximum atomic E-state index is 13.4. The van der Waals surface area contributed by atoms with E-state index in [9.17, 15) is 9.18 Å². The first-order valence-corrected chi connectivity index (χ1v) is 5.69. The number of esters is 1. The molecule has 0 amide bonds. The van der Waals surface area contributed by atoms with Crippen molar-refractivity contribution in [2.75, 3.05) is 13.7 Å². The monoisotopic (exact) mass is 239 g/mol. The van der Waals surface area contributed by atoms with E-state index in [2.05, 4.69) is 10.1 Å². The molecule has 1 unspecified atom stereocenters. The van der Waals surface area contributed by atoms with Crippen molar-refractivity contribution in [3.63, 3.8) is 0 Å². The molecule has 0 aliphatic carbocycles. The van der Waals surface area contributed by atoms with Gasteiger partial charge >= 0.3 is 5.97 Å². The molecule has 3 nitrogen and oxygen atoms in total. The lowest BCUT2D eigenvalue weighted by molar-refractivity contribution is -0.140. The molecule has 0 aromatic heterocycles. The van der Waals surface area contributed by atoms with Gasteiger partial charge in [-0.3, -0.25) is 4.79 Å². The summed E-state index contributed by atoms with van der Waals surface area (Å²) in [5.74, 6) is -0.425. The third-order valence-electron chi connectivity index (χ3n) is 2.61. The fourth-order valence-corrected chi connectivity index (χ4v) is 1.59. The Morgan fingerprint density at radius 3 is 2.82 bits per heavy atom. The number of hydrogen-bond acceptors (Lipinski definition) is 3. The van der Waals surface area contributed by atoms with E-state index in [1.165, 1.54) is 13.2 Å². The lowest BCUT2D eigenvalue weighted by atomic mass is 10.1. The van der Waals surface area contributed by atoms with Gasteiger partial charge in [0.2, 0.25) is 0 Å². The van der Waals surface area contributed by atoms with Gasteiger partial charge in [0.25, 0.3) is 0 Å². The lowest BCUT2D eigenvalue weighted by Crippen LogP contribution is -2.21. The van der Waals surface area contributed by atoms with Crippen LogP contribution in [0.15, 0.2) is 24.3 Å². The quantitative estimate of drug-likeness (QED) is 0.612. The third-order valence-corrected chi connectivity index (χ3v) is 2.61. The van der Waals surface area contributed by atoms with Crippen LogP contribution in [0.1, 0.15) is 31.4 Å². The fraction of sp³-hybridized carbons (Fsp3) is 0.462. The molecule has 1 aromatic rings. The summed E-state index contributed by atoms with van der Waals surface area (Å²) >= 11 is 0. The second-order valence-electron chi connectivity index (χ2n) is 3.88. The summed E-state index contributed by atoms with van der Waals surface area (Å²) in [6.07, 6.45) is 1.07. The van der Waals surface area contributed by atoms with Gasteiger partial charge in [0, 0.05) is 18.0 Å². The minimum Gasteiger partial charge on any atom is -0.469 e. The molecule has 1 N–H and O–H groups in total. The Morgan fingerprint density at radius 1 is 1.47 bits per heavy atom. The molecule has 0 saturated heterocycles. The molecule has 0 bridgehead atoms. The van der Waals surface area contributed by atoms with E-state index in [1.54, 1.807) is 12.1 Å². The van der Waals surface area contributed by atoms with E-state index >= 15 is 0 Å². The van der Waals surface area contributed by atoms with E-state index < -0.39 is 0 Å². The first-order valence-electron chi connectivity index (χ1n) is 5.69. The Labute approximate surface area is 101 Å². The van der Waals surface area contributed by atoms with Gasteiger partial charge in [-0.1, -0.05) is 18.2 Å². The number of nitrogens with one attached hydrogen (secondary N) is 1. The Bertz CT molecular complexity index is 368. The van der Waals surface area contributed by atoms with E-state index in [1.807, 2.05) is 13.0 Å². The fourth-order valence-electron chi connectivity index (χ4n) is 1.59. The molecule has 0 aliphatic heterocycles. The van der Waals surface area contributed by atoms with Crippen molar-refractivity contribution in [3.05, 3.63) is 35.6 Å². The van der Waals surface area contributed by atoms with Crippen LogP contribution in [0.5, 0.6) is 0 Å².